The molecule has 0 aliphatic heterocycles. The highest BCUT2D eigenvalue weighted by Crippen LogP contribution is 2.47. The highest BCUT2D eigenvalue weighted by molar-refractivity contribution is 7.47. The number of phosphoric ester groups is 1. The van der Waals surface area contributed by atoms with Crippen LogP contribution in [0.25, 0.3) is 0 Å². The van der Waals surface area contributed by atoms with E-state index in [1.165, 1.54) is 116 Å². The second kappa shape index (κ2) is 38.6. The first-order chi connectivity index (χ1) is 29.9. The Hall–Kier alpha value is -1.67. The molecule has 0 aromatic carbocycles. The molecule has 8 atom stereocenters. The second-order valence-corrected chi connectivity index (χ2v) is 18.8. The van der Waals surface area contributed by atoms with Crippen molar-refractivity contribution >= 4 is 19.8 Å². The van der Waals surface area contributed by atoms with Crippen molar-refractivity contribution in [1.29, 1.82) is 0 Å². The number of rotatable bonds is 41. The van der Waals surface area contributed by atoms with Crippen LogP contribution in [-0.2, 0) is 32.7 Å². The van der Waals surface area contributed by atoms with Crippen LogP contribution in [-0.4, -0.2) is 98.3 Å². The van der Waals surface area contributed by atoms with E-state index in [-0.39, 0.29) is 12.8 Å². The fourth-order valence-corrected chi connectivity index (χ4v) is 8.55. The van der Waals surface area contributed by atoms with Crippen molar-refractivity contribution in [3.05, 3.63) is 24.3 Å². The van der Waals surface area contributed by atoms with Gasteiger partial charge in [0.05, 0.1) is 6.61 Å². The summed E-state index contributed by atoms with van der Waals surface area (Å²) in [6.07, 6.45) is 29.4. The number of hydrogen-bond acceptors (Lipinski definition) is 12. The van der Waals surface area contributed by atoms with Crippen LogP contribution in [0.2, 0.25) is 0 Å². The highest BCUT2D eigenvalue weighted by atomic mass is 31.2. The number of carbonyl (C=O) groups excluding carboxylic acids is 2. The summed E-state index contributed by atoms with van der Waals surface area (Å²) in [5.74, 6) is -1.11. The first-order valence-corrected chi connectivity index (χ1v) is 26.2. The lowest BCUT2D eigenvalue weighted by Crippen LogP contribution is -2.64. The molecule has 0 bridgehead atoms. The quantitative estimate of drug-likeness (QED) is 0.0146. The molecule has 0 amide bonds. The van der Waals surface area contributed by atoms with Gasteiger partial charge < -0.3 is 39.9 Å². The minimum atomic E-state index is -5.12. The molecular formula is C48H89O13P. The van der Waals surface area contributed by atoms with Gasteiger partial charge in [-0.1, -0.05) is 186 Å². The lowest BCUT2D eigenvalue weighted by Gasteiger charge is -2.41. The molecule has 1 rings (SSSR count). The van der Waals surface area contributed by atoms with Gasteiger partial charge in [-0.3, -0.25) is 18.6 Å². The van der Waals surface area contributed by atoms with Crippen LogP contribution in [0, 0.1) is 0 Å². The van der Waals surface area contributed by atoms with Gasteiger partial charge in [-0.05, 0) is 38.5 Å². The fraction of sp³-hybridized carbons (Fsp3) is 0.875. The summed E-state index contributed by atoms with van der Waals surface area (Å²) in [6.45, 7) is 3.29. The van der Waals surface area contributed by atoms with Crippen molar-refractivity contribution in [2.45, 2.75) is 256 Å². The van der Waals surface area contributed by atoms with Gasteiger partial charge in [0.2, 0.25) is 0 Å². The molecule has 0 aromatic rings. The van der Waals surface area contributed by atoms with Crippen molar-refractivity contribution in [3.63, 3.8) is 0 Å². The van der Waals surface area contributed by atoms with Gasteiger partial charge >= 0.3 is 19.8 Å². The molecule has 1 aliphatic carbocycles. The van der Waals surface area contributed by atoms with Gasteiger partial charge in [0.1, 0.15) is 43.2 Å². The third-order valence-corrected chi connectivity index (χ3v) is 12.6. The number of carbonyl (C=O) groups is 2. The Morgan fingerprint density at radius 3 is 1.29 bits per heavy atom. The van der Waals surface area contributed by atoms with E-state index < -0.39 is 75.7 Å². The van der Waals surface area contributed by atoms with Gasteiger partial charge in [0, 0.05) is 12.8 Å². The van der Waals surface area contributed by atoms with E-state index in [1.54, 1.807) is 0 Å². The molecule has 364 valence electrons. The maximum absolute atomic E-state index is 12.8. The van der Waals surface area contributed by atoms with E-state index in [1.807, 2.05) is 0 Å². The zero-order chi connectivity index (χ0) is 45.7. The number of aliphatic hydroxyl groups is 5. The number of hydrogen-bond donors (Lipinski definition) is 6. The van der Waals surface area contributed by atoms with Crippen molar-refractivity contribution in [2.75, 3.05) is 13.2 Å². The predicted octanol–water partition coefficient (Wildman–Crippen LogP) is 10.0. The van der Waals surface area contributed by atoms with Crippen LogP contribution in [0.3, 0.4) is 0 Å². The Labute approximate surface area is 375 Å². The fourth-order valence-electron chi connectivity index (χ4n) is 7.57. The van der Waals surface area contributed by atoms with Crippen molar-refractivity contribution < 1.29 is 63.1 Å². The SMILES string of the molecule is CCCCCC/C=C/C=C/CCCCCCCC(=O)O[C@@H](COC(=O)CCCCCCCCCCCCCCCCCCCC)COP(=O)(O)OC1C(O)C(O)C(O)[C@H](O)C1O. The monoisotopic (exact) mass is 905 g/mol. The third-order valence-electron chi connectivity index (χ3n) is 11.6. The number of allylic oxidation sites excluding steroid dienone is 4. The number of phosphoric acid groups is 1. The second-order valence-electron chi connectivity index (χ2n) is 17.4. The van der Waals surface area contributed by atoms with Gasteiger partial charge in [-0.2, -0.15) is 0 Å². The van der Waals surface area contributed by atoms with E-state index in [2.05, 4.69) is 38.2 Å². The Kier molecular flexibility index (Phi) is 36.3. The summed E-state index contributed by atoms with van der Waals surface area (Å²) in [5, 5.41) is 50.2. The lowest BCUT2D eigenvalue weighted by atomic mass is 9.85. The number of aliphatic hydroxyl groups excluding tert-OH is 5. The Bertz CT molecular complexity index is 1180. The maximum Gasteiger partial charge on any atom is 0.472 e. The van der Waals surface area contributed by atoms with Crippen molar-refractivity contribution in [1.82, 2.24) is 0 Å². The van der Waals surface area contributed by atoms with Crippen molar-refractivity contribution in [2.24, 2.45) is 0 Å². The molecule has 1 aliphatic rings. The molecule has 0 saturated heterocycles. The van der Waals surface area contributed by atoms with Crippen LogP contribution in [0.1, 0.15) is 213 Å². The van der Waals surface area contributed by atoms with Gasteiger partial charge in [0.15, 0.2) is 6.10 Å². The predicted molar refractivity (Wildman–Crippen MR) is 244 cm³/mol. The molecule has 62 heavy (non-hydrogen) atoms. The highest BCUT2D eigenvalue weighted by Gasteiger charge is 2.51. The summed E-state index contributed by atoms with van der Waals surface area (Å²) < 4.78 is 33.6. The zero-order valence-corrected chi connectivity index (χ0v) is 39.6. The molecule has 6 unspecified atom stereocenters. The average molecular weight is 905 g/mol. The zero-order valence-electron chi connectivity index (χ0n) is 38.7. The van der Waals surface area contributed by atoms with E-state index in [0.717, 1.165) is 57.8 Å². The molecule has 1 saturated carbocycles. The molecule has 13 nitrogen and oxygen atoms in total. The van der Waals surface area contributed by atoms with Crippen LogP contribution in [0.4, 0.5) is 0 Å². The number of esters is 2. The summed E-state index contributed by atoms with van der Waals surface area (Å²) in [4.78, 5) is 35.8. The van der Waals surface area contributed by atoms with Crippen LogP contribution >= 0.6 is 7.82 Å². The summed E-state index contributed by atoms with van der Waals surface area (Å²) in [5.41, 5.74) is 0. The molecule has 14 heteroatoms. The normalized spacial score (nSPS) is 22.0. The molecular weight excluding hydrogens is 815 g/mol. The van der Waals surface area contributed by atoms with Gasteiger partial charge in [-0.25, -0.2) is 4.57 Å². The van der Waals surface area contributed by atoms with E-state index in [9.17, 15) is 44.6 Å². The Morgan fingerprint density at radius 2 is 0.855 bits per heavy atom. The lowest BCUT2D eigenvalue weighted by molar-refractivity contribution is -0.220. The molecule has 6 N–H and O–H groups in total. The Balaban J connectivity index is 2.42. The number of ether oxygens (including phenoxy) is 2. The van der Waals surface area contributed by atoms with Crippen molar-refractivity contribution in [3.8, 4) is 0 Å². The Morgan fingerprint density at radius 1 is 0.500 bits per heavy atom. The molecule has 0 spiro atoms. The number of unbranched alkanes of at least 4 members (excludes halogenated alkanes) is 26. The van der Waals surface area contributed by atoms with Crippen LogP contribution in [0.15, 0.2) is 24.3 Å². The standard InChI is InChI=1S/C48H89O13P/c1-3-5-7-9-11-13-15-17-19-20-21-23-24-26-28-30-32-34-36-41(49)58-38-40(39-59-62(56,57)61-48-46(54)44(52)43(51)45(53)47(48)55)60-42(50)37-35-33-31-29-27-25-22-18-16-14-12-10-8-6-4-2/h14,16,18,22,40,43-48,51-55H,3-13,15,17,19-21,23-39H2,1-2H3,(H,56,57)/b16-14+,22-18+/t40-,43?,44-,45?,46?,47?,48?/m0/s1. The molecule has 0 aromatic heterocycles. The van der Waals surface area contributed by atoms with E-state index >= 15 is 0 Å². The first kappa shape index (κ1) is 58.3. The molecule has 0 heterocycles. The first-order valence-electron chi connectivity index (χ1n) is 24.7. The largest absolute Gasteiger partial charge is 0.472 e. The molecule has 0 radical (unpaired) electrons. The third kappa shape index (κ3) is 30.5. The molecule has 1 fully saturated rings. The minimum Gasteiger partial charge on any atom is -0.462 e. The van der Waals surface area contributed by atoms with E-state index in [0.29, 0.717) is 12.8 Å². The smallest absolute Gasteiger partial charge is 0.462 e. The minimum absolute atomic E-state index is 0.0819. The average Bonchev–Trinajstić information content (AvgIpc) is 3.25. The summed E-state index contributed by atoms with van der Waals surface area (Å²) in [6, 6.07) is 0. The topological polar surface area (TPSA) is 210 Å². The van der Waals surface area contributed by atoms with Gasteiger partial charge in [-0.15, -0.1) is 0 Å². The van der Waals surface area contributed by atoms with Crippen LogP contribution < -0.4 is 0 Å². The van der Waals surface area contributed by atoms with E-state index in [4.69, 9.17) is 18.5 Å². The summed E-state index contributed by atoms with van der Waals surface area (Å²) >= 11 is 0. The van der Waals surface area contributed by atoms with Gasteiger partial charge in [0.25, 0.3) is 0 Å². The van der Waals surface area contributed by atoms with Crippen LogP contribution in [0.5, 0.6) is 0 Å². The maximum atomic E-state index is 12.8. The summed E-state index contributed by atoms with van der Waals surface area (Å²) in [7, 11) is -5.12.